The zero-order valence-corrected chi connectivity index (χ0v) is 11.8. The van der Waals surface area contributed by atoms with E-state index in [-0.39, 0.29) is 6.42 Å². The van der Waals surface area contributed by atoms with Crippen molar-refractivity contribution in [2.45, 2.75) is 52.2 Å². The lowest BCUT2D eigenvalue weighted by Crippen LogP contribution is -2.32. The molecule has 0 aliphatic carbocycles. The third kappa shape index (κ3) is 6.42. The number of carbonyl (C=O) groups is 2. The number of nitrogens with zero attached hydrogens (tertiary/aromatic N) is 2. The molecular formula is C13H18N2O4. The van der Waals surface area contributed by atoms with E-state index < -0.39 is 29.1 Å². The molecule has 0 N–H and O–H groups in total. The third-order valence-corrected chi connectivity index (χ3v) is 2.14. The first kappa shape index (κ1) is 16.9. The van der Waals surface area contributed by atoms with E-state index >= 15 is 0 Å². The molecule has 0 spiro atoms. The molecule has 0 aliphatic rings. The second-order valence-electron chi connectivity index (χ2n) is 5.24. The fourth-order valence-electron chi connectivity index (χ4n) is 1.06. The van der Waals surface area contributed by atoms with Crippen molar-refractivity contribution < 1.29 is 19.1 Å². The van der Waals surface area contributed by atoms with E-state index in [4.69, 9.17) is 20.0 Å². The third-order valence-electron chi connectivity index (χ3n) is 2.14. The molecule has 19 heavy (non-hydrogen) atoms. The predicted molar refractivity (Wildman–Crippen MR) is 65.3 cm³/mol. The summed E-state index contributed by atoms with van der Waals surface area (Å²) in [6.45, 7) is 7.30. The van der Waals surface area contributed by atoms with E-state index in [9.17, 15) is 9.59 Å². The molecule has 0 rings (SSSR count). The lowest BCUT2D eigenvalue weighted by molar-refractivity contribution is -0.163. The molecule has 0 saturated carbocycles. The average Bonchev–Trinajstić information content (AvgIpc) is 2.27. The van der Waals surface area contributed by atoms with Crippen LogP contribution < -0.4 is 0 Å². The minimum atomic E-state index is -1.23. The number of hydrogen-bond donors (Lipinski definition) is 0. The van der Waals surface area contributed by atoms with Crippen molar-refractivity contribution in [3.8, 4) is 12.1 Å². The second-order valence-corrected chi connectivity index (χ2v) is 5.24. The maximum atomic E-state index is 11.6. The summed E-state index contributed by atoms with van der Waals surface area (Å²) in [6.07, 6.45) is -0.203. The van der Waals surface area contributed by atoms with Gasteiger partial charge in [-0.25, -0.2) is 0 Å². The van der Waals surface area contributed by atoms with Crippen LogP contribution in [0.3, 0.4) is 0 Å². The quantitative estimate of drug-likeness (QED) is 0.702. The van der Waals surface area contributed by atoms with Crippen LogP contribution in [-0.4, -0.2) is 23.1 Å². The molecular weight excluding hydrogens is 248 g/mol. The van der Waals surface area contributed by atoms with Gasteiger partial charge in [-0.3, -0.25) is 9.59 Å². The van der Waals surface area contributed by atoms with Crippen LogP contribution in [0.4, 0.5) is 0 Å². The summed E-state index contributed by atoms with van der Waals surface area (Å²) < 4.78 is 9.82. The maximum absolute atomic E-state index is 11.6. The van der Waals surface area contributed by atoms with Crippen molar-refractivity contribution in [1.29, 1.82) is 10.5 Å². The molecule has 104 valence electrons. The molecule has 1 unspecified atom stereocenters. The van der Waals surface area contributed by atoms with Gasteiger partial charge in [0.1, 0.15) is 12.1 Å². The van der Waals surface area contributed by atoms with Gasteiger partial charge in [0, 0.05) is 0 Å². The van der Waals surface area contributed by atoms with E-state index in [1.165, 1.54) is 34.6 Å². The number of esters is 2. The first-order valence-electron chi connectivity index (χ1n) is 5.80. The van der Waals surface area contributed by atoms with Crippen molar-refractivity contribution in [2.24, 2.45) is 5.92 Å². The van der Waals surface area contributed by atoms with Gasteiger partial charge in [-0.1, -0.05) is 6.92 Å². The molecule has 0 aliphatic heterocycles. The Labute approximate surface area is 112 Å². The van der Waals surface area contributed by atoms with Crippen molar-refractivity contribution in [2.75, 3.05) is 0 Å². The van der Waals surface area contributed by atoms with Crippen LogP contribution in [0.2, 0.25) is 0 Å². The van der Waals surface area contributed by atoms with Gasteiger partial charge in [-0.05, 0) is 27.7 Å². The fourth-order valence-corrected chi connectivity index (χ4v) is 1.06. The van der Waals surface area contributed by atoms with Crippen LogP contribution in [0, 0.1) is 28.6 Å². The summed E-state index contributed by atoms with van der Waals surface area (Å²) >= 11 is 0. The normalized spacial score (nSPS) is 12.8. The summed E-state index contributed by atoms with van der Waals surface area (Å²) in [7, 11) is 0. The van der Waals surface area contributed by atoms with E-state index in [0.29, 0.717) is 0 Å². The fraction of sp³-hybridized carbons (Fsp3) is 0.692. The molecule has 0 saturated heterocycles. The SMILES string of the molecule is CC(CC(=O)OC(C)(C)C#N)C(=O)OC(C)(C)C#N. The van der Waals surface area contributed by atoms with Gasteiger partial charge >= 0.3 is 11.9 Å². The Morgan fingerprint density at radius 2 is 1.47 bits per heavy atom. The standard InChI is InChI=1S/C13H18N2O4/c1-9(11(17)19-13(4,5)8-15)6-10(16)18-12(2,3)7-14/h9H,6H2,1-5H3. The Kier molecular flexibility index (Phi) is 5.52. The second kappa shape index (κ2) is 6.19. The van der Waals surface area contributed by atoms with Crippen molar-refractivity contribution in [3.05, 3.63) is 0 Å². The maximum Gasteiger partial charge on any atom is 0.310 e. The minimum absolute atomic E-state index is 0.203. The largest absolute Gasteiger partial charge is 0.444 e. The minimum Gasteiger partial charge on any atom is -0.444 e. The Morgan fingerprint density at radius 3 is 1.89 bits per heavy atom. The first-order valence-corrected chi connectivity index (χ1v) is 5.80. The van der Waals surface area contributed by atoms with Gasteiger partial charge in [0.15, 0.2) is 11.2 Å². The highest BCUT2D eigenvalue weighted by Crippen LogP contribution is 2.16. The number of ether oxygens (including phenoxy) is 2. The molecule has 0 heterocycles. The number of rotatable bonds is 5. The summed E-state index contributed by atoms with van der Waals surface area (Å²) in [5.41, 5.74) is -2.46. The zero-order chi connectivity index (χ0) is 15.3. The monoisotopic (exact) mass is 266 g/mol. The van der Waals surface area contributed by atoms with Crippen LogP contribution in [0.15, 0.2) is 0 Å². The van der Waals surface area contributed by atoms with Gasteiger partial charge in [0.25, 0.3) is 0 Å². The van der Waals surface area contributed by atoms with E-state index in [0.717, 1.165) is 0 Å². The Balaban J connectivity index is 4.44. The molecule has 6 nitrogen and oxygen atoms in total. The van der Waals surface area contributed by atoms with Gasteiger partial charge in [0.2, 0.25) is 0 Å². The van der Waals surface area contributed by atoms with Gasteiger partial charge in [-0.2, -0.15) is 10.5 Å². The van der Waals surface area contributed by atoms with Crippen LogP contribution >= 0.6 is 0 Å². The molecule has 6 heteroatoms. The predicted octanol–water partition coefficient (Wildman–Crippen LogP) is 1.70. The lowest BCUT2D eigenvalue weighted by Gasteiger charge is -2.21. The molecule has 1 atom stereocenters. The summed E-state index contributed by atoms with van der Waals surface area (Å²) in [5, 5.41) is 17.5. The topological polar surface area (TPSA) is 100 Å². The molecule has 0 amide bonds. The lowest BCUT2D eigenvalue weighted by atomic mass is 10.1. The van der Waals surface area contributed by atoms with E-state index in [1.807, 2.05) is 12.1 Å². The molecule has 0 radical (unpaired) electrons. The van der Waals surface area contributed by atoms with Gasteiger partial charge < -0.3 is 9.47 Å². The smallest absolute Gasteiger partial charge is 0.310 e. The molecule has 0 fully saturated rings. The Morgan fingerprint density at radius 1 is 1.05 bits per heavy atom. The highest BCUT2D eigenvalue weighted by molar-refractivity contribution is 5.80. The Bertz CT molecular complexity index is 441. The summed E-state index contributed by atoms with van der Waals surface area (Å²) in [6, 6.07) is 3.65. The zero-order valence-electron chi connectivity index (χ0n) is 11.8. The van der Waals surface area contributed by atoms with Crippen molar-refractivity contribution in [1.82, 2.24) is 0 Å². The number of hydrogen-bond acceptors (Lipinski definition) is 6. The van der Waals surface area contributed by atoms with Gasteiger partial charge in [0.05, 0.1) is 12.3 Å². The van der Waals surface area contributed by atoms with Crippen molar-refractivity contribution in [3.63, 3.8) is 0 Å². The van der Waals surface area contributed by atoms with E-state index in [2.05, 4.69) is 0 Å². The van der Waals surface area contributed by atoms with Crippen LogP contribution in [-0.2, 0) is 19.1 Å². The average molecular weight is 266 g/mol. The molecule has 0 bridgehead atoms. The Hall–Kier alpha value is -2.08. The van der Waals surface area contributed by atoms with Crippen LogP contribution in [0.5, 0.6) is 0 Å². The summed E-state index contributed by atoms with van der Waals surface area (Å²) in [5.74, 6) is -2.06. The number of carbonyl (C=O) groups excluding carboxylic acids is 2. The van der Waals surface area contributed by atoms with Crippen LogP contribution in [0.25, 0.3) is 0 Å². The van der Waals surface area contributed by atoms with Gasteiger partial charge in [-0.15, -0.1) is 0 Å². The molecule has 0 aromatic rings. The van der Waals surface area contributed by atoms with Crippen molar-refractivity contribution >= 4 is 11.9 Å². The highest BCUT2D eigenvalue weighted by atomic mass is 16.6. The highest BCUT2D eigenvalue weighted by Gasteiger charge is 2.29. The first-order chi connectivity index (χ1) is 8.53. The summed E-state index contributed by atoms with van der Waals surface area (Å²) in [4.78, 5) is 23.2. The molecule has 0 aromatic carbocycles. The molecule has 0 aromatic heterocycles. The number of nitriles is 2. The van der Waals surface area contributed by atoms with E-state index in [1.54, 1.807) is 0 Å². The van der Waals surface area contributed by atoms with Crippen LogP contribution in [0.1, 0.15) is 41.0 Å².